The summed E-state index contributed by atoms with van der Waals surface area (Å²) in [5.41, 5.74) is 4.40. The lowest BCUT2D eigenvalue weighted by molar-refractivity contribution is 0.0988. The first-order valence-electron chi connectivity index (χ1n) is 7.84. The third-order valence-electron chi connectivity index (χ3n) is 4.22. The summed E-state index contributed by atoms with van der Waals surface area (Å²) in [5, 5.41) is 6.72. The maximum Gasteiger partial charge on any atom is 0.176 e. The van der Waals surface area contributed by atoms with Crippen LogP contribution in [0.25, 0.3) is 0 Å². The van der Waals surface area contributed by atoms with Gasteiger partial charge in [0.1, 0.15) is 0 Å². The molecular weight excluding hydrogens is 272 g/mol. The van der Waals surface area contributed by atoms with Gasteiger partial charge >= 0.3 is 0 Å². The third-order valence-corrected chi connectivity index (χ3v) is 4.22. The number of hydrogen-bond acceptors (Lipinski definition) is 3. The van der Waals surface area contributed by atoms with Gasteiger partial charge in [0.25, 0.3) is 0 Å². The molecular formula is C19H22N2O. The predicted molar refractivity (Wildman–Crippen MR) is 90.4 cm³/mol. The second-order valence-electron chi connectivity index (χ2n) is 6.06. The van der Waals surface area contributed by atoms with Crippen LogP contribution in [0.3, 0.4) is 0 Å². The number of carbonyl (C=O) groups excluding carboxylic acids is 1. The molecule has 22 heavy (non-hydrogen) atoms. The number of nitrogens with one attached hydrogen (secondary N) is 2. The lowest BCUT2D eigenvalue weighted by atomic mass is 10.0. The fourth-order valence-electron chi connectivity index (χ4n) is 2.93. The molecule has 2 aromatic carbocycles. The normalized spacial score (nSPS) is 17.6. The Morgan fingerprint density at radius 1 is 1.27 bits per heavy atom. The first-order chi connectivity index (χ1) is 10.6. The molecule has 2 unspecified atom stereocenters. The van der Waals surface area contributed by atoms with Gasteiger partial charge in [-0.05, 0) is 49.6 Å². The molecule has 0 saturated carbocycles. The van der Waals surface area contributed by atoms with E-state index in [-0.39, 0.29) is 11.8 Å². The Morgan fingerprint density at radius 2 is 2.05 bits per heavy atom. The van der Waals surface area contributed by atoms with Gasteiger partial charge in [-0.15, -0.1) is 0 Å². The molecule has 0 aliphatic carbocycles. The summed E-state index contributed by atoms with van der Waals surface area (Å²) in [7, 11) is 0. The van der Waals surface area contributed by atoms with Gasteiger partial charge in [-0.3, -0.25) is 4.79 Å². The average Bonchev–Trinajstić information content (AvgIpc) is 2.92. The molecule has 0 amide bonds. The van der Waals surface area contributed by atoms with E-state index in [2.05, 4.69) is 36.6 Å². The van der Waals surface area contributed by atoms with Gasteiger partial charge < -0.3 is 10.6 Å². The molecule has 3 rings (SSSR count). The van der Waals surface area contributed by atoms with Crippen molar-refractivity contribution >= 4 is 11.5 Å². The van der Waals surface area contributed by atoms with Crippen molar-refractivity contribution in [3.05, 3.63) is 65.2 Å². The Labute approximate surface area is 131 Å². The topological polar surface area (TPSA) is 41.1 Å². The summed E-state index contributed by atoms with van der Waals surface area (Å²) in [6, 6.07) is 16.8. The van der Waals surface area contributed by atoms with Gasteiger partial charge in [0.2, 0.25) is 0 Å². The summed E-state index contributed by atoms with van der Waals surface area (Å²) < 4.78 is 0. The van der Waals surface area contributed by atoms with Crippen molar-refractivity contribution in [2.75, 3.05) is 11.9 Å². The molecule has 1 heterocycles. The lowest BCUT2D eigenvalue weighted by Crippen LogP contribution is -2.26. The lowest BCUT2D eigenvalue weighted by Gasteiger charge is -2.13. The van der Waals surface area contributed by atoms with Gasteiger partial charge in [-0.2, -0.15) is 0 Å². The van der Waals surface area contributed by atoms with Gasteiger partial charge in [0.05, 0.1) is 6.54 Å². The molecule has 0 bridgehead atoms. The zero-order valence-corrected chi connectivity index (χ0v) is 13.1. The Balaban J connectivity index is 1.62. The van der Waals surface area contributed by atoms with Crippen molar-refractivity contribution in [2.45, 2.75) is 32.4 Å². The minimum Gasteiger partial charge on any atom is -0.382 e. The van der Waals surface area contributed by atoms with E-state index >= 15 is 0 Å². The molecule has 2 N–H and O–H groups in total. The zero-order chi connectivity index (χ0) is 15.5. The van der Waals surface area contributed by atoms with Crippen LogP contribution in [-0.4, -0.2) is 18.4 Å². The molecule has 3 heteroatoms. The van der Waals surface area contributed by atoms with Crippen LogP contribution in [0, 0.1) is 0 Å². The van der Waals surface area contributed by atoms with Crippen molar-refractivity contribution in [2.24, 2.45) is 0 Å². The van der Waals surface area contributed by atoms with Crippen LogP contribution in [0.2, 0.25) is 0 Å². The Kier molecular flexibility index (Phi) is 4.25. The van der Waals surface area contributed by atoms with E-state index in [1.54, 1.807) is 0 Å². The number of Topliss-reactive ketones (excluding diaryl/α,β-unsaturated/α-hetero) is 1. The fourth-order valence-corrected chi connectivity index (χ4v) is 2.93. The molecule has 0 fully saturated rings. The van der Waals surface area contributed by atoms with Crippen LogP contribution in [-0.2, 0) is 6.42 Å². The van der Waals surface area contributed by atoms with Crippen LogP contribution in [0.4, 0.5) is 5.69 Å². The monoisotopic (exact) mass is 294 g/mol. The summed E-state index contributed by atoms with van der Waals surface area (Å²) >= 11 is 0. The third kappa shape index (κ3) is 3.20. The van der Waals surface area contributed by atoms with Crippen LogP contribution in [0.5, 0.6) is 0 Å². The van der Waals surface area contributed by atoms with Crippen LogP contribution >= 0.6 is 0 Å². The van der Waals surface area contributed by atoms with E-state index in [1.807, 2.05) is 36.4 Å². The smallest absolute Gasteiger partial charge is 0.176 e. The van der Waals surface area contributed by atoms with Crippen molar-refractivity contribution < 1.29 is 4.79 Å². The first-order valence-corrected chi connectivity index (χ1v) is 7.84. The number of ketones is 1. The highest BCUT2D eigenvalue weighted by Crippen LogP contribution is 2.26. The van der Waals surface area contributed by atoms with Crippen LogP contribution < -0.4 is 10.6 Å². The molecule has 0 saturated heterocycles. The second-order valence-corrected chi connectivity index (χ2v) is 6.06. The second kappa shape index (κ2) is 6.32. The average molecular weight is 294 g/mol. The molecule has 1 aliphatic heterocycles. The molecule has 1 aliphatic rings. The van der Waals surface area contributed by atoms with Crippen LogP contribution in [0.1, 0.15) is 41.4 Å². The highest BCUT2D eigenvalue weighted by Gasteiger charge is 2.18. The number of benzene rings is 2. The Bertz CT molecular complexity index is 666. The maximum atomic E-state index is 12.4. The van der Waals surface area contributed by atoms with E-state index < -0.39 is 0 Å². The Hall–Kier alpha value is -2.13. The summed E-state index contributed by atoms with van der Waals surface area (Å²) in [6.45, 7) is 4.60. The molecule has 114 valence electrons. The van der Waals surface area contributed by atoms with E-state index in [9.17, 15) is 4.79 Å². The quantitative estimate of drug-likeness (QED) is 0.828. The largest absolute Gasteiger partial charge is 0.382 e. The predicted octanol–water partition coefficient (Wildman–Crippen LogP) is 3.58. The van der Waals surface area contributed by atoms with E-state index in [1.165, 1.54) is 11.1 Å². The summed E-state index contributed by atoms with van der Waals surface area (Å²) in [5.74, 6) is 0.144. The Morgan fingerprint density at radius 3 is 2.82 bits per heavy atom. The van der Waals surface area contributed by atoms with Crippen molar-refractivity contribution in [3.63, 3.8) is 0 Å². The van der Waals surface area contributed by atoms with E-state index in [0.717, 1.165) is 17.7 Å². The maximum absolute atomic E-state index is 12.4. The van der Waals surface area contributed by atoms with Crippen molar-refractivity contribution in [1.82, 2.24) is 5.32 Å². The van der Waals surface area contributed by atoms with Crippen molar-refractivity contribution in [3.8, 4) is 0 Å². The molecule has 2 aromatic rings. The number of hydrogen-bond donors (Lipinski definition) is 2. The summed E-state index contributed by atoms with van der Waals surface area (Å²) in [6.07, 6.45) is 0.990. The van der Waals surface area contributed by atoms with Gasteiger partial charge in [-0.25, -0.2) is 0 Å². The van der Waals surface area contributed by atoms with Gasteiger partial charge in [-0.1, -0.05) is 30.3 Å². The fraction of sp³-hybridized carbons (Fsp3) is 0.316. The number of anilines is 1. The van der Waals surface area contributed by atoms with E-state index in [4.69, 9.17) is 0 Å². The standard InChI is InChI=1S/C19H22N2O/c1-13-10-17-11-16(8-9-18(17)21-13)19(22)12-20-14(2)15-6-4-3-5-7-15/h3-9,11,13-14,20-21H,10,12H2,1-2H3. The highest BCUT2D eigenvalue weighted by molar-refractivity contribution is 5.98. The molecule has 2 atom stereocenters. The van der Waals surface area contributed by atoms with Crippen molar-refractivity contribution in [1.29, 1.82) is 0 Å². The number of fused-ring (bicyclic) bond motifs is 1. The van der Waals surface area contributed by atoms with Gasteiger partial charge in [0, 0.05) is 23.3 Å². The molecule has 0 spiro atoms. The highest BCUT2D eigenvalue weighted by atomic mass is 16.1. The molecule has 3 nitrogen and oxygen atoms in total. The SMILES string of the molecule is CC1Cc2cc(C(=O)CNC(C)c3ccccc3)ccc2N1. The van der Waals surface area contributed by atoms with Gasteiger partial charge in [0.15, 0.2) is 5.78 Å². The minimum atomic E-state index is 0.144. The molecule has 0 aromatic heterocycles. The minimum absolute atomic E-state index is 0.144. The summed E-state index contributed by atoms with van der Waals surface area (Å²) in [4.78, 5) is 12.4. The molecule has 0 radical (unpaired) electrons. The first kappa shape index (κ1) is 14.8. The number of carbonyl (C=O) groups is 1. The number of rotatable bonds is 5. The van der Waals surface area contributed by atoms with Crippen LogP contribution in [0.15, 0.2) is 48.5 Å². The van der Waals surface area contributed by atoms with E-state index in [0.29, 0.717) is 12.6 Å². The zero-order valence-electron chi connectivity index (χ0n) is 13.1.